The van der Waals surface area contributed by atoms with Gasteiger partial charge >= 0.3 is 0 Å². The molecule has 112 valence electrons. The monoisotopic (exact) mass is 320 g/mol. The average molecular weight is 321 g/mol. The summed E-state index contributed by atoms with van der Waals surface area (Å²) in [4.78, 5) is 2.29. The summed E-state index contributed by atoms with van der Waals surface area (Å²) in [5, 5.41) is 0. The van der Waals surface area contributed by atoms with Crippen LogP contribution >= 0.6 is 0 Å². The van der Waals surface area contributed by atoms with Crippen LogP contribution < -0.4 is 17.0 Å². The quantitative estimate of drug-likeness (QED) is 0.470. The lowest BCUT2D eigenvalue weighted by molar-refractivity contribution is -0.00000395. The molecule has 0 aromatic heterocycles. The molecule has 0 heterocycles. The van der Waals surface area contributed by atoms with Crippen LogP contribution in [0.25, 0.3) is 0 Å². The van der Waals surface area contributed by atoms with Crippen LogP contribution in [-0.4, -0.2) is 25.5 Å². The summed E-state index contributed by atoms with van der Waals surface area (Å²) in [5.74, 6) is 0. The number of halogens is 1. The lowest BCUT2D eigenvalue weighted by atomic mass is 10.1. The first kappa shape index (κ1) is 20.8. The zero-order chi connectivity index (χ0) is 12.8. The van der Waals surface area contributed by atoms with E-state index in [4.69, 9.17) is 0 Å². The molecule has 0 aromatic rings. The Hall–Kier alpha value is 0.440. The summed E-state index contributed by atoms with van der Waals surface area (Å²) < 4.78 is 0. The SMILES string of the molecule is CCCCCCCCCCCCCCN(C)C.[Br-]. The fraction of sp³-hybridized carbons (Fsp3) is 1.00. The standard InChI is InChI=1S/C16H35N.BrH/c1-4-5-6-7-8-9-10-11-12-13-14-15-16-17(2)3;/h4-16H2,1-3H3;1H/p-1. The van der Waals surface area contributed by atoms with Crippen molar-refractivity contribution in [1.82, 2.24) is 4.90 Å². The Bertz CT molecular complexity index is 137. The predicted molar refractivity (Wildman–Crippen MR) is 79.6 cm³/mol. The van der Waals surface area contributed by atoms with Gasteiger partial charge in [-0.3, -0.25) is 0 Å². The highest BCUT2D eigenvalue weighted by Gasteiger charge is 1.94. The van der Waals surface area contributed by atoms with Crippen molar-refractivity contribution in [2.75, 3.05) is 20.6 Å². The van der Waals surface area contributed by atoms with Crippen molar-refractivity contribution in [3.05, 3.63) is 0 Å². The lowest BCUT2D eigenvalue weighted by Crippen LogP contribution is -3.00. The molecule has 0 N–H and O–H groups in total. The normalized spacial score (nSPS) is 10.7. The molecule has 0 aromatic carbocycles. The van der Waals surface area contributed by atoms with E-state index in [1.165, 1.54) is 83.6 Å². The van der Waals surface area contributed by atoms with Gasteiger partial charge < -0.3 is 21.9 Å². The summed E-state index contributed by atoms with van der Waals surface area (Å²) in [6, 6.07) is 0. The zero-order valence-electron chi connectivity index (χ0n) is 13.0. The van der Waals surface area contributed by atoms with E-state index in [0.717, 1.165) is 0 Å². The maximum absolute atomic E-state index is 2.29. The highest BCUT2D eigenvalue weighted by atomic mass is 79.9. The third-order valence-corrected chi connectivity index (χ3v) is 3.46. The van der Waals surface area contributed by atoms with Crippen molar-refractivity contribution in [1.29, 1.82) is 0 Å². The minimum Gasteiger partial charge on any atom is -1.00 e. The van der Waals surface area contributed by atoms with E-state index < -0.39 is 0 Å². The molecule has 0 unspecified atom stereocenters. The van der Waals surface area contributed by atoms with E-state index in [9.17, 15) is 0 Å². The maximum Gasteiger partial charge on any atom is -0.00248 e. The average Bonchev–Trinajstić information content (AvgIpc) is 2.30. The van der Waals surface area contributed by atoms with Gasteiger partial charge in [0.25, 0.3) is 0 Å². The summed E-state index contributed by atoms with van der Waals surface area (Å²) in [7, 11) is 4.33. The topological polar surface area (TPSA) is 3.24 Å². The van der Waals surface area contributed by atoms with Gasteiger partial charge in [0.15, 0.2) is 0 Å². The van der Waals surface area contributed by atoms with Gasteiger partial charge in [-0.2, -0.15) is 0 Å². The van der Waals surface area contributed by atoms with Crippen molar-refractivity contribution in [2.45, 2.75) is 84.0 Å². The number of unbranched alkanes of at least 4 members (excludes halogenated alkanes) is 11. The molecular weight excluding hydrogens is 286 g/mol. The first-order valence-electron chi connectivity index (χ1n) is 7.92. The third kappa shape index (κ3) is 18.8. The summed E-state index contributed by atoms with van der Waals surface area (Å²) in [5.41, 5.74) is 0. The van der Waals surface area contributed by atoms with Gasteiger partial charge in [0.1, 0.15) is 0 Å². The number of hydrogen-bond acceptors (Lipinski definition) is 1. The lowest BCUT2D eigenvalue weighted by Gasteiger charge is -2.08. The van der Waals surface area contributed by atoms with Gasteiger partial charge in [0, 0.05) is 0 Å². The van der Waals surface area contributed by atoms with Crippen LogP contribution in [0.15, 0.2) is 0 Å². The van der Waals surface area contributed by atoms with Crippen LogP contribution in [0, 0.1) is 0 Å². The summed E-state index contributed by atoms with van der Waals surface area (Å²) >= 11 is 0. The molecule has 0 radical (unpaired) electrons. The molecule has 0 rings (SSSR count). The minimum absolute atomic E-state index is 0. The first-order chi connectivity index (χ1) is 8.27. The van der Waals surface area contributed by atoms with Crippen molar-refractivity contribution >= 4 is 0 Å². The Balaban J connectivity index is 0. The van der Waals surface area contributed by atoms with Gasteiger partial charge in [0.05, 0.1) is 0 Å². The Morgan fingerprint density at radius 3 is 1.22 bits per heavy atom. The Morgan fingerprint density at radius 2 is 0.889 bits per heavy atom. The van der Waals surface area contributed by atoms with Crippen molar-refractivity contribution in [3.8, 4) is 0 Å². The van der Waals surface area contributed by atoms with Gasteiger partial charge in [-0.05, 0) is 27.1 Å². The molecule has 0 bridgehead atoms. The van der Waals surface area contributed by atoms with Crippen LogP contribution in [-0.2, 0) is 0 Å². The third-order valence-electron chi connectivity index (χ3n) is 3.46. The molecular formula is C16H35BrN-. The highest BCUT2D eigenvalue weighted by Crippen LogP contribution is 2.11. The second kappa shape index (κ2) is 17.4. The zero-order valence-corrected chi connectivity index (χ0v) is 14.6. The van der Waals surface area contributed by atoms with Crippen LogP contribution in [0.5, 0.6) is 0 Å². The van der Waals surface area contributed by atoms with Crippen LogP contribution in [0.3, 0.4) is 0 Å². The molecule has 0 fully saturated rings. The molecule has 0 amide bonds. The van der Waals surface area contributed by atoms with Crippen molar-refractivity contribution in [3.63, 3.8) is 0 Å². The Kier molecular flexibility index (Phi) is 20.1. The summed E-state index contributed by atoms with van der Waals surface area (Å²) in [6.07, 6.45) is 17.3. The smallest absolute Gasteiger partial charge is 0.00248 e. The fourth-order valence-electron chi connectivity index (χ4n) is 2.27. The van der Waals surface area contributed by atoms with Crippen LogP contribution in [0.1, 0.15) is 84.0 Å². The molecule has 0 spiro atoms. The van der Waals surface area contributed by atoms with Crippen molar-refractivity contribution < 1.29 is 17.0 Å². The molecule has 0 saturated heterocycles. The van der Waals surface area contributed by atoms with Crippen LogP contribution in [0.4, 0.5) is 0 Å². The molecule has 0 saturated carbocycles. The maximum atomic E-state index is 2.29. The predicted octanol–water partition coefficient (Wildman–Crippen LogP) is 2.25. The van der Waals surface area contributed by atoms with E-state index in [0.29, 0.717) is 0 Å². The fourth-order valence-corrected chi connectivity index (χ4v) is 2.27. The first-order valence-corrected chi connectivity index (χ1v) is 7.92. The second-order valence-electron chi connectivity index (χ2n) is 5.69. The molecule has 0 aliphatic carbocycles. The molecule has 0 aliphatic heterocycles. The van der Waals surface area contributed by atoms with Gasteiger partial charge in [0.2, 0.25) is 0 Å². The van der Waals surface area contributed by atoms with Crippen LogP contribution in [0.2, 0.25) is 0 Å². The molecule has 1 nitrogen and oxygen atoms in total. The number of rotatable bonds is 13. The van der Waals surface area contributed by atoms with Gasteiger partial charge in [-0.1, -0.05) is 77.6 Å². The number of nitrogens with zero attached hydrogens (tertiary/aromatic N) is 1. The highest BCUT2D eigenvalue weighted by molar-refractivity contribution is 4.49. The minimum atomic E-state index is 0. The second-order valence-corrected chi connectivity index (χ2v) is 5.69. The molecule has 0 atom stereocenters. The van der Waals surface area contributed by atoms with E-state index in [2.05, 4.69) is 25.9 Å². The van der Waals surface area contributed by atoms with Gasteiger partial charge in [-0.25, -0.2) is 0 Å². The van der Waals surface area contributed by atoms with E-state index in [1.54, 1.807) is 0 Å². The van der Waals surface area contributed by atoms with Gasteiger partial charge in [-0.15, -0.1) is 0 Å². The van der Waals surface area contributed by atoms with E-state index >= 15 is 0 Å². The Labute approximate surface area is 126 Å². The number of hydrogen-bond donors (Lipinski definition) is 0. The molecule has 18 heavy (non-hydrogen) atoms. The largest absolute Gasteiger partial charge is 1.00 e. The van der Waals surface area contributed by atoms with Crippen molar-refractivity contribution in [2.24, 2.45) is 0 Å². The Morgan fingerprint density at radius 1 is 0.556 bits per heavy atom. The summed E-state index contributed by atoms with van der Waals surface area (Å²) in [6.45, 7) is 3.55. The molecule has 2 heteroatoms. The molecule has 0 aliphatic rings. The van der Waals surface area contributed by atoms with E-state index in [1.807, 2.05) is 0 Å². The van der Waals surface area contributed by atoms with E-state index in [-0.39, 0.29) is 17.0 Å².